The number of likely N-dealkylation sites (tertiary alicyclic amines) is 1. The Morgan fingerprint density at radius 2 is 1.95 bits per heavy atom. The molecule has 106 valence electrons. The van der Waals surface area contributed by atoms with Crippen molar-refractivity contribution >= 4 is 23.3 Å². The first kappa shape index (κ1) is 12.5. The summed E-state index contributed by atoms with van der Waals surface area (Å²) in [5.41, 5.74) is 0.844. The van der Waals surface area contributed by atoms with Crippen molar-refractivity contribution in [2.24, 2.45) is 0 Å². The SMILES string of the molecule is Fc1ccc2[nH]c(=S)n(C3CCN(C4CC4)C3)c2c1F. The van der Waals surface area contributed by atoms with Gasteiger partial charge in [-0.25, -0.2) is 8.78 Å². The molecule has 1 unspecified atom stereocenters. The molecule has 6 heteroatoms. The summed E-state index contributed by atoms with van der Waals surface area (Å²) >= 11 is 5.31. The van der Waals surface area contributed by atoms with Gasteiger partial charge < -0.3 is 9.55 Å². The summed E-state index contributed by atoms with van der Waals surface area (Å²) < 4.78 is 29.9. The molecule has 1 aromatic heterocycles. The number of hydrogen-bond acceptors (Lipinski definition) is 2. The molecule has 0 radical (unpaired) electrons. The van der Waals surface area contributed by atoms with E-state index in [4.69, 9.17) is 12.2 Å². The summed E-state index contributed by atoms with van der Waals surface area (Å²) in [6, 6.07) is 3.51. The number of H-pyrrole nitrogens is 1. The molecule has 3 nitrogen and oxygen atoms in total. The van der Waals surface area contributed by atoms with Crippen LogP contribution in [0.3, 0.4) is 0 Å². The highest BCUT2D eigenvalue weighted by molar-refractivity contribution is 7.71. The minimum Gasteiger partial charge on any atom is -0.330 e. The molecule has 0 spiro atoms. The zero-order valence-electron chi connectivity index (χ0n) is 10.9. The van der Waals surface area contributed by atoms with Crippen molar-refractivity contribution in [2.45, 2.75) is 31.3 Å². The number of fused-ring (bicyclic) bond motifs is 1. The van der Waals surface area contributed by atoms with Gasteiger partial charge in [0.25, 0.3) is 0 Å². The number of imidazole rings is 1. The minimum atomic E-state index is -0.822. The first-order chi connectivity index (χ1) is 9.65. The summed E-state index contributed by atoms with van der Waals surface area (Å²) in [5.74, 6) is -1.63. The van der Waals surface area contributed by atoms with Crippen molar-refractivity contribution in [3.05, 3.63) is 28.5 Å². The Morgan fingerprint density at radius 1 is 1.15 bits per heavy atom. The van der Waals surface area contributed by atoms with Gasteiger partial charge in [-0.2, -0.15) is 0 Å². The van der Waals surface area contributed by atoms with E-state index in [1.807, 2.05) is 0 Å². The highest BCUT2D eigenvalue weighted by atomic mass is 32.1. The molecule has 2 aromatic rings. The molecule has 1 aromatic carbocycles. The molecular weight excluding hydrogens is 280 g/mol. The summed E-state index contributed by atoms with van der Waals surface area (Å²) in [5, 5.41) is 0. The average Bonchev–Trinajstić information content (AvgIpc) is 3.06. The van der Waals surface area contributed by atoms with Gasteiger partial charge in [0.15, 0.2) is 16.4 Å². The molecule has 0 bridgehead atoms. The van der Waals surface area contributed by atoms with Gasteiger partial charge in [0, 0.05) is 19.1 Å². The third-order valence-electron chi connectivity index (χ3n) is 4.39. The maximum Gasteiger partial charge on any atom is 0.184 e. The zero-order valence-corrected chi connectivity index (χ0v) is 11.7. The third-order valence-corrected chi connectivity index (χ3v) is 4.69. The van der Waals surface area contributed by atoms with Gasteiger partial charge in [0.05, 0.1) is 11.6 Å². The number of aromatic nitrogens is 2. The Hall–Kier alpha value is -1.27. The maximum absolute atomic E-state index is 14.1. The van der Waals surface area contributed by atoms with E-state index in [1.54, 1.807) is 10.6 Å². The number of rotatable bonds is 2. The third kappa shape index (κ3) is 1.82. The fraction of sp³-hybridized carbons (Fsp3) is 0.500. The maximum atomic E-state index is 14.1. The predicted octanol–water partition coefficient (Wildman–Crippen LogP) is 3.39. The molecule has 1 aliphatic heterocycles. The molecule has 2 heterocycles. The van der Waals surface area contributed by atoms with Crippen molar-refractivity contribution < 1.29 is 8.78 Å². The smallest absolute Gasteiger partial charge is 0.184 e. The van der Waals surface area contributed by atoms with E-state index in [-0.39, 0.29) is 11.6 Å². The second-order valence-electron chi connectivity index (χ2n) is 5.73. The van der Waals surface area contributed by atoms with Crippen LogP contribution >= 0.6 is 12.2 Å². The van der Waals surface area contributed by atoms with Gasteiger partial charge in [-0.05, 0) is 43.6 Å². The molecule has 1 atom stereocenters. The highest BCUT2D eigenvalue weighted by Crippen LogP contribution is 2.35. The molecular formula is C14H15F2N3S. The molecule has 1 aliphatic carbocycles. The molecule has 20 heavy (non-hydrogen) atoms. The number of nitrogens with zero attached hydrogens (tertiary/aromatic N) is 2. The summed E-state index contributed by atoms with van der Waals surface area (Å²) in [7, 11) is 0. The van der Waals surface area contributed by atoms with Gasteiger partial charge in [-0.3, -0.25) is 4.90 Å². The Bertz CT molecular complexity index is 732. The van der Waals surface area contributed by atoms with Gasteiger partial charge in [-0.15, -0.1) is 0 Å². The van der Waals surface area contributed by atoms with Crippen LogP contribution in [0.25, 0.3) is 11.0 Å². The van der Waals surface area contributed by atoms with Crippen LogP contribution in [0.4, 0.5) is 8.78 Å². The van der Waals surface area contributed by atoms with E-state index >= 15 is 0 Å². The monoisotopic (exact) mass is 295 g/mol. The van der Waals surface area contributed by atoms with Crippen LogP contribution in [-0.4, -0.2) is 33.6 Å². The van der Waals surface area contributed by atoms with Crippen LogP contribution in [0, 0.1) is 16.4 Å². The standard InChI is InChI=1S/C14H15F2N3S/c15-10-3-4-11-13(12(10)16)19(14(20)17-11)9-5-6-18(7-9)8-1-2-8/h3-4,8-9H,1-2,5-7H2,(H,17,20). The predicted molar refractivity (Wildman–Crippen MR) is 75.3 cm³/mol. The molecule has 0 amide bonds. The second-order valence-corrected chi connectivity index (χ2v) is 6.11. The van der Waals surface area contributed by atoms with E-state index in [2.05, 4.69) is 9.88 Å². The fourth-order valence-corrected chi connectivity index (χ4v) is 3.60. The lowest BCUT2D eigenvalue weighted by molar-refractivity contribution is 0.314. The number of benzene rings is 1. The van der Waals surface area contributed by atoms with E-state index in [9.17, 15) is 8.78 Å². The second kappa shape index (κ2) is 4.36. The quantitative estimate of drug-likeness (QED) is 0.859. The van der Waals surface area contributed by atoms with Crippen LogP contribution in [0.2, 0.25) is 0 Å². The van der Waals surface area contributed by atoms with Gasteiger partial charge in [0.2, 0.25) is 0 Å². The van der Waals surface area contributed by atoms with Crippen LogP contribution in [0.5, 0.6) is 0 Å². The molecule has 1 N–H and O–H groups in total. The lowest BCUT2D eigenvalue weighted by Crippen LogP contribution is -2.23. The van der Waals surface area contributed by atoms with Crippen LogP contribution < -0.4 is 0 Å². The van der Waals surface area contributed by atoms with Crippen LogP contribution in [0.1, 0.15) is 25.3 Å². The van der Waals surface area contributed by atoms with Crippen LogP contribution in [0.15, 0.2) is 12.1 Å². The number of aromatic amines is 1. The summed E-state index contributed by atoms with van der Waals surface area (Å²) in [6.45, 7) is 1.89. The molecule has 2 aliphatic rings. The van der Waals surface area contributed by atoms with E-state index in [0.29, 0.717) is 16.3 Å². The van der Waals surface area contributed by atoms with Crippen molar-refractivity contribution in [1.82, 2.24) is 14.5 Å². The molecule has 1 saturated carbocycles. The zero-order chi connectivity index (χ0) is 13.9. The van der Waals surface area contributed by atoms with Gasteiger partial charge in [-0.1, -0.05) is 0 Å². The number of hydrogen-bond donors (Lipinski definition) is 1. The Labute approximate surface area is 120 Å². The van der Waals surface area contributed by atoms with E-state index < -0.39 is 11.6 Å². The van der Waals surface area contributed by atoms with Crippen molar-refractivity contribution in [3.8, 4) is 0 Å². The summed E-state index contributed by atoms with van der Waals surface area (Å²) in [4.78, 5) is 5.42. The van der Waals surface area contributed by atoms with Crippen molar-refractivity contribution in [2.75, 3.05) is 13.1 Å². The van der Waals surface area contributed by atoms with Gasteiger partial charge in [0.1, 0.15) is 5.52 Å². The first-order valence-electron chi connectivity index (χ1n) is 6.97. The minimum absolute atomic E-state index is 0.133. The fourth-order valence-electron chi connectivity index (χ4n) is 3.25. The Morgan fingerprint density at radius 3 is 2.70 bits per heavy atom. The van der Waals surface area contributed by atoms with Gasteiger partial charge >= 0.3 is 0 Å². The normalized spacial score (nSPS) is 23.8. The topological polar surface area (TPSA) is 24.0 Å². The first-order valence-corrected chi connectivity index (χ1v) is 7.38. The summed E-state index contributed by atoms with van der Waals surface area (Å²) in [6.07, 6.45) is 3.46. The average molecular weight is 295 g/mol. The Balaban J connectivity index is 1.81. The number of halogens is 2. The van der Waals surface area contributed by atoms with Crippen molar-refractivity contribution in [1.29, 1.82) is 0 Å². The molecule has 1 saturated heterocycles. The van der Waals surface area contributed by atoms with Crippen LogP contribution in [-0.2, 0) is 0 Å². The highest BCUT2D eigenvalue weighted by Gasteiger charge is 2.35. The molecule has 4 rings (SSSR count). The van der Waals surface area contributed by atoms with Crippen molar-refractivity contribution in [3.63, 3.8) is 0 Å². The molecule has 2 fully saturated rings. The largest absolute Gasteiger partial charge is 0.330 e. The lowest BCUT2D eigenvalue weighted by Gasteiger charge is -2.16. The lowest BCUT2D eigenvalue weighted by atomic mass is 10.2. The number of nitrogens with one attached hydrogen (secondary N) is 1. The van der Waals surface area contributed by atoms with E-state index in [0.717, 1.165) is 25.6 Å². The Kier molecular flexibility index (Phi) is 2.72. The van der Waals surface area contributed by atoms with E-state index in [1.165, 1.54) is 12.8 Å².